The largest absolute Gasteiger partial charge is 0.493 e. The van der Waals surface area contributed by atoms with E-state index in [2.05, 4.69) is 0 Å². The van der Waals surface area contributed by atoms with Crippen LogP contribution in [0.15, 0.2) is 36.3 Å². The molecule has 0 heterocycles. The van der Waals surface area contributed by atoms with E-state index < -0.39 is 73.7 Å². The molecule has 0 saturated carbocycles. The molecule has 4 nitrogen and oxygen atoms in total. The minimum absolute atomic E-state index is 0.233. The Balaban J connectivity index is 2.38. The standard InChI is InChI=1S/C22H30O4/c1-16-9-11-20(13-17(16)2)26-15-19(23)8-6-5-7-18-10-12-21(24-3)22(14-18)25-4/h9-14,19,23H,5-8,15H2,1-4H3/i7D2,8D2,9D,10D,11D,12D,13D,14D,15D2. The van der Waals surface area contributed by atoms with Crippen molar-refractivity contribution in [3.63, 3.8) is 0 Å². The molecule has 1 unspecified atom stereocenters. The Morgan fingerprint density at radius 1 is 1.00 bits per heavy atom. The molecule has 0 radical (unpaired) electrons. The van der Waals surface area contributed by atoms with Crippen molar-refractivity contribution in [3.05, 3.63) is 52.9 Å². The van der Waals surface area contributed by atoms with Gasteiger partial charge in [0.2, 0.25) is 0 Å². The Labute approximate surface area is 173 Å². The number of hydrogen-bond donors (Lipinski definition) is 1. The maximum Gasteiger partial charge on any atom is 0.160 e. The van der Waals surface area contributed by atoms with Gasteiger partial charge in [0.05, 0.1) is 31.3 Å². The predicted octanol–water partition coefficient (Wildman–Crippen LogP) is 4.47. The van der Waals surface area contributed by atoms with Crippen LogP contribution in [0.4, 0.5) is 0 Å². The number of benzene rings is 2. The summed E-state index contributed by atoms with van der Waals surface area (Å²) < 4.78 is 113. The van der Waals surface area contributed by atoms with E-state index in [-0.39, 0.29) is 29.1 Å². The Morgan fingerprint density at radius 3 is 2.50 bits per heavy atom. The molecule has 1 N–H and O–H groups in total. The van der Waals surface area contributed by atoms with Gasteiger partial charge in [0.1, 0.15) is 12.3 Å². The maximum absolute atomic E-state index is 10.6. The lowest BCUT2D eigenvalue weighted by Gasteiger charge is -2.13. The quantitative estimate of drug-likeness (QED) is 0.670. The highest BCUT2D eigenvalue weighted by Crippen LogP contribution is 2.28. The molecule has 0 saturated heterocycles. The molecule has 0 aliphatic carbocycles. The van der Waals surface area contributed by atoms with Crippen LogP contribution in [0.1, 0.15) is 52.4 Å². The summed E-state index contributed by atoms with van der Waals surface area (Å²) in [5.74, 6) is -1.15. The van der Waals surface area contributed by atoms with E-state index in [1.807, 2.05) is 0 Å². The maximum atomic E-state index is 10.6. The molecule has 0 aliphatic heterocycles. The van der Waals surface area contributed by atoms with E-state index in [1.165, 1.54) is 28.1 Å². The van der Waals surface area contributed by atoms with E-state index in [0.29, 0.717) is 5.56 Å². The van der Waals surface area contributed by atoms with Crippen molar-refractivity contribution in [1.82, 2.24) is 0 Å². The molecule has 2 rings (SSSR count). The van der Waals surface area contributed by atoms with Crippen LogP contribution in [-0.4, -0.2) is 32.0 Å². The zero-order valence-electron chi connectivity index (χ0n) is 27.2. The van der Waals surface area contributed by atoms with Crippen molar-refractivity contribution in [1.29, 1.82) is 0 Å². The van der Waals surface area contributed by atoms with Gasteiger partial charge in [-0.1, -0.05) is 18.5 Å². The monoisotopic (exact) mass is 370 g/mol. The Hall–Kier alpha value is -2.20. The molecule has 2 aromatic rings. The van der Waals surface area contributed by atoms with Gasteiger partial charge in [-0.15, -0.1) is 0 Å². The van der Waals surface area contributed by atoms with Crippen LogP contribution in [0.2, 0.25) is 0 Å². The fourth-order valence-corrected chi connectivity index (χ4v) is 1.90. The molecule has 0 amide bonds. The average molecular weight is 371 g/mol. The first kappa shape index (κ1) is 9.14. The van der Waals surface area contributed by atoms with Crippen LogP contribution in [0.25, 0.3) is 0 Å². The third kappa shape index (κ3) is 5.95. The number of aliphatic hydroxyl groups is 1. The highest BCUT2D eigenvalue weighted by atomic mass is 16.5. The van der Waals surface area contributed by atoms with E-state index in [4.69, 9.17) is 30.7 Å². The highest BCUT2D eigenvalue weighted by molar-refractivity contribution is 5.42. The molecule has 26 heavy (non-hydrogen) atoms. The number of rotatable bonds is 10. The fourth-order valence-electron chi connectivity index (χ4n) is 1.90. The van der Waals surface area contributed by atoms with E-state index in [9.17, 15) is 5.11 Å². The minimum Gasteiger partial charge on any atom is -0.493 e. The van der Waals surface area contributed by atoms with Crippen LogP contribution in [0.5, 0.6) is 17.2 Å². The van der Waals surface area contributed by atoms with E-state index >= 15 is 0 Å². The zero-order valence-corrected chi connectivity index (χ0v) is 15.2. The Bertz CT molecular complexity index is 1190. The Morgan fingerprint density at radius 2 is 1.77 bits per heavy atom. The lowest BCUT2D eigenvalue weighted by atomic mass is 10.0. The van der Waals surface area contributed by atoms with Crippen LogP contribution < -0.4 is 14.2 Å². The number of aliphatic hydroxyl groups excluding tert-OH is 1. The second-order valence-corrected chi connectivity index (χ2v) is 5.27. The first-order valence-corrected chi connectivity index (χ1v) is 7.93. The molecule has 4 heteroatoms. The van der Waals surface area contributed by atoms with Gasteiger partial charge in [-0.25, -0.2) is 0 Å². The molecular formula is C22H30O4. The second-order valence-electron chi connectivity index (χ2n) is 5.27. The molecule has 0 spiro atoms. The number of ether oxygens (including phenoxy) is 3. The lowest BCUT2D eigenvalue weighted by Crippen LogP contribution is -2.17. The molecule has 0 bridgehead atoms. The molecule has 0 aliphatic rings. The van der Waals surface area contributed by atoms with Gasteiger partial charge < -0.3 is 19.3 Å². The van der Waals surface area contributed by atoms with Gasteiger partial charge in [0.25, 0.3) is 0 Å². The molecule has 2 aromatic carbocycles. The molecule has 1 atom stereocenters. The number of hydrogen-bond acceptors (Lipinski definition) is 4. The zero-order chi connectivity index (χ0) is 29.5. The summed E-state index contributed by atoms with van der Waals surface area (Å²) in [4.78, 5) is 0. The van der Waals surface area contributed by atoms with Crippen LogP contribution in [0.3, 0.4) is 0 Å². The summed E-state index contributed by atoms with van der Waals surface area (Å²) in [7, 11) is 2.38. The van der Waals surface area contributed by atoms with Crippen molar-refractivity contribution in [2.24, 2.45) is 0 Å². The molecular weight excluding hydrogens is 328 g/mol. The molecule has 0 aromatic heterocycles. The van der Waals surface area contributed by atoms with Gasteiger partial charge in [-0.05, 0) is 73.9 Å². The van der Waals surface area contributed by atoms with E-state index in [0.717, 1.165) is 0 Å². The van der Waals surface area contributed by atoms with Gasteiger partial charge in [0.15, 0.2) is 11.5 Å². The fraction of sp³-hybridized carbons (Fsp3) is 0.455. The average Bonchev–Trinajstić information content (AvgIpc) is 2.84. The van der Waals surface area contributed by atoms with Crippen LogP contribution in [-0.2, 0) is 6.37 Å². The number of methoxy groups -OCH3 is 2. The molecule has 0 fully saturated rings. The highest BCUT2D eigenvalue weighted by Gasteiger charge is 2.07. The summed E-state index contributed by atoms with van der Waals surface area (Å²) >= 11 is 0. The first-order chi connectivity index (χ1) is 17.3. The van der Waals surface area contributed by atoms with Crippen LogP contribution >= 0.6 is 0 Å². The summed E-state index contributed by atoms with van der Waals surface area (Å²) in [6, 6.07) is -3.06. The predicted molar refractivity (Wildman–Crippen MR) is 105 cm³/mol. The smallest absolute Gasteiger partial charge is 0.160 e. The summed E-state index contributed by atoms with van der Waals surface area (Å²) in [6.07, 6.45) is -9.45. The Kier molecular flexibility index (Phi) is 3.54. The third-order valence-corrected chi connectivity index (χ3v) is 3.42. The van der Waals surface area contributed by atoms with Crippen molar-refractivity contribution in [3.8, 4) is 17.2 Å². The van der Waals surface area contributed by atoms with Gasteiger partial charge in [-0.2, -0.15) is 0 Å². The normalized spacial score (nSPS) is 20.2. The SMILES string of the molecule is [2H]c1c([2H])c(OC([2H])([2H])C(O)C([2H])([2H])CCC([2H])([2H])c2c([2H])c([2H])c(OC)c(OC)c2[2H])c([2H])c(C)c1C. The minimum atomic E-state index is -3.19. The third-order valence-electron chi connectivity index (χ3n) is 3.42. The summed E-state index contributed by atoms with van der Waals surface area (Å²) in [6.45, 7) is -0.192. The van der Waals surface area contributed by atoms with Crippen molar-refractivity contribution >= 4 is 0 Å². The van der Waals surface area contributed by atoms with Crippen LogP contribution in [0, 0.1) is 13.8 Å². The van der Waals surface area contributed by atoms with Gasteiger partial charge in [-0.3, -0.25) is 0 Å². The van der Waals surface area contributed by atoms with Crippen molar-refractivity contribution < 1.29 is 35.8 Å². The van der Waals surface area contributed by atoms with Gasteiger partial charge in [0, 0.05) is 5.48 Å². The lowest BCUT2D eigenvalue weighted by molar-refractivity contribution is 0.0976. The summed E-state index contributed by atoms with van der Waals surface area (Å²) in [5, 5.41) is 10.6. The van der Waals surface area contributed by atoms with Crippen molar-refractivity contribution in [2.45, 2.75) is 45.5 Å². The van der Waals surface area contributed by atoms with E-state index in [1.54, 1.807) is 0 Å². The van der Waals surface area contributed by atoms with Crippen molar-refractivity contribution in [2.75, 3.05) is 20.8 Å². The van der Waals surface area contributed by atoms with Gasteiger partial charge >= 0.3 is 0 Å². The first-order valence-electron chi connectivity index (χ1n) is 13.9. The summed E-state index contributed by atoms with van der Waals surface area (Å²) in [5.41, 5.74) is 0.0172. The second kappa shape index (κ2) is 10.1. The topological polar surface area (TPSA) is 47.9 Å². The molecule has 142 valence electrons.